The molecule has 45 heavy (non-hydrogen) atoms. The largest absolute Gasteiger partial charge is 0.456 e. The monoisotopic (exact) mass is 575 g/mol. The standard InChI is InChI=1S/C42H25NO2/c1-2-10-26(11-3-1)27-18-21-29(22-19-27)43-36-15-7-4-14-32(36)40-41(43)33(25-35-31-13-6-9-17-38(31)45-42(35)40)28-20-23-39-34(24-28)30-12-5-8-16-37(30)44-39/h1-25H. The molecule has 0 aliphatic heterocycles. The predicted octanol–water partition coefficient (Wildman–Crippen LogP) is 11.9. The van der Waals surface area contributed by atoms with Gasteiger partial charge < -0.3 is 13.4 Å². The summed E-state index contributed by atoms with van der Waals surface area (Å²) < 4.78 is 15.3. The van der Waals surface area contributed by atoms with Crippen LogP contribution in [0.4, 0.5) is 0 Å². The lowest BCUT2D eigenvalue weighted by Crippen LogP contribution is -1.96. The molecular formula is C42H25NO2. The molecule has 0 radical (unpaired) electrons. The Hall–Kier alpha value is -6.06. The average Bonchev–Trinajstić information content (AvgIpc) is 3.78. The van der Waals surface area contributed by atoms with Gasteiger partial charge in [-0.3, -0.25) is 0 Å². The second-order valence-electron chi connectivity index (χ2n) is 11.7. The molecule has 210 valence electrons. The summed E-state index contributed by atoms with van der Waals surface area (Å²) >= 11 is 0. The molecular weight excluding hydrogens is 550 g/mol. The highest BCUT2D eigenvalue weighted by molar-refractivity contribution is 6.27. The summed E-state index contributed by atoms with van der Waals surface area (Å²) in [5, 5.41) is 6.77. The van der Waals surface area contributed by atoms with Gasteiger partial charge >= 0.3 is 0 Å². The quantitative estimate of drug-likeness (QED) is 0.210. The average molecular weight is 576 g/mol. The Kier molecular flexibility index (Phi) is 5.00. The normalized spacial score (nSPS) is 12.0. The van der Waals surface area contributed by atoms with Crippen molar-refractivity contribution in [2.45, 2.75) is 0 Å². The van der Waals surface area contributed by atoms with Gasteiger partial charge in [-0.05, 0) is 65.2 Å². The molecule has 0 saturated heterocycles. The molecule has 0 amide bonds. The van der Waals surface area contributed by atoms with Crippen LogP contribution in [-0.2, 0) is 0 Å². The zero-order valence-electron chi connectivity index (χ0n) is 24.2. The lowest BCUT2D eigenvalue weighted by molar-refractivity contribution is 0.669. The van der Waals surface area contributed by atoms with Crippen LogP contribution < -0.4 is 0 Å². The minimum Gasteiger partial charge on any atom is -0.456 e. The molecule has 0 atom stereocenters. The van der Waals surface area contributed by atoms with Crippen molar-refractivity contribution < 1.29 is 8.83 Å². The topological polar surface area (TPSA) is 31.2 Å². The van der Waals surface area contributed by atoms with Crippen LogP contribution in [-0.4, -0.2) is 4.57 Å². The van der Waals surface area contributed by atoms with Crippen molar-refractivity contribution in [3.63, 3.8) is 0 Å². The Morgan fingerprint density at radius 2 is 1.00 bits per heavy atom. The van der Waals surface area contributed by atoms with Gasteiger partial charge in [0.2, 0.25) is 0 Å². The summed E-state index contributed by atoms with van der Waals surface area (Å²) in [4.78, 5) is 0. The second kappa shape index (κ2) is 9.22. The number of aromatic nitrogens is 1. The first-order chi connectivity index (χ1) is 22.3. The van der Waals surface area contributed by atoms with Crippen molar-refractivity contribution in [2.24, 2.45) is 0 Å². The number of nitrogens with zero attached hydrogens (tertiary/aromatic N) is 1. The smallest absolute Gasteiger partial charge is 0.145 e. The second-order valence-corrected chi connectivity index (χ2v) is 11.7. The predicted molar refractivity (Wildman–Crippen MR) is 186 cm³/mol. The van der Waals surface area contributed by atoms with Gasteiger partial charge in [0.25, 0.3) is 0 Å². The molecule has 10 rings (SSSR count). The SMILES string of the molecule is c1ccc(-c2ccc(-n3c4ccccc4c4c5oc6ccccc6c5cc(-c5ccc6oc7ccccc7c6c5)c43)cc2)cc1. The highest BCUT2D eigenvalue weighted by Gasteiger charge is 2.23. The van der Waals surface area contributed by atoms with Gasteiger partial charge in [0, 0.05) is 38.2 Å². The van der Waals surface area contributed by atoms with Crippen molar-refractivity contribution in [2.75, 3.05) is 0 Å². The van der Waals surface area contributed by atoms with E-state index in [1.165, 1.54) is 16.5 Å². The van der Waals surface area contributed by atoms with Crippen LogP contribution >= 0.6 is 0 Å². The van der Waals surface area contributed by atoms with Crippen LogP contribution in [0.15, 0.2) is 160 Å². The van der Waals surface area contributed by atoms with Crippen LogP contribution in [0.1, 0.15) is 0 Å². The Morgan fingerprint density at radius 3 is 1.80 bits per heavy atom. The summed E-state index contributed by atoms with van der Waals surface area (Å²) in [6, 6.07) is 53.6. The van der Waals surface area contributed by atoms with Crippen molar-refractivity contribution in [1.29, 1.82) is 0 Å². The zero-order valence-corrected chi connectivity index (χ0v) is 24.2. The molecule has 0 spiro atoms. The lowest BCUT2D eigenvalue weighted by atomic mass is 9.97. The minimum atomic E-state index is 0.892. The number of hydrogen-bond donors (Lipinski definition) is 0. The van der Waals surface area contributed by atoms with E-state index in [4.69, 9.17) is 8.83 Å². The minimum absolute atomic E-state index is 0.892. The molecule has 0 aliphatic carbocycles. The van der Waals surface area contributed by atoms with Gasteiger partial charge in [-0.1, -0.05) is 103 Å². The molecule has 7 aromatic carbocycles. The molecule has 3 aromatic heterocycles. The molecule has 0 unspecified atom stereocenters. The number of para-hydroxylation sites is 3. The molecule has 0 saturated carbocycles. The van der Waals surface area contributed by atoms with E-state index in [1.54, 1.807) is 0 Å². The first-order valence-corrected chi connectivity index (χ1v) is 15.3. The third-order valence-electron chi connectivity index (χ3n) is 9.20. The molecule has 0 aliphatic rings. The van der Waals surface area contributed by atoms with Crippen molar-refractivity contribution in [3.05, 3.63) is 152 Å². The first-order valence-electron chi connectivity index (χ1n) is 15.3. The summed E-state index contributed by atoms with van der Waals surface area (Å²) in [7, 11) is 0. The maximum absolute atomic E-state index is 6.68. The van der Waals surface area contributed by atoms with Gasteiger partial charge in [-0.2, -0.15) is 0 Å². The number of fused-ring (bicyclic) bond motifs is 10. The lowest BCUT2D eigenvalue weighted by Gasteiger charge is -2.13. The van der Waals surface area contributed by atoms with Gasteiger partial charge in [0.05, 0.1) is 16.4 Å². The van der Waals surface area contributed by atoms with Crippen LogP contribution in [0.2, 0.25) is 0 Å². The summed E-state index contributed by atoms with van der Waals surface area (Å²) in [6.45, 7) is 0. The molecule has 10 aromatic rings. The van der Waals surface area contributed by atoms with Gasteiger partial charge in [-0.15, -0.1) is 0 Å². The van der Waals surface area contributed by atoms with Crippen LogP contribution in [0.25, 0.3) is 93.6 Å². The van der Waals surface area contributed by atoms with Gasteiger partial charge in [0.1, 0.15) is 22.3 Å². The van der Waals surface area contributed by atoms with E-state index < -0.39 is 0 Å². The Bertz CT molecular complexity index is 2740. The fourth-order valence-electron chi connectivity index (χ4n) is 7.15. The number of furan rings is 2. The fourth-order valence-corrected chi connectivity index (χ4v) is 7.15. The van der Waals surface area contributed by atoms with E-state index in [0.717, 1.165) is 77.1 Å². The molecule has 0 fully saturated rings. The van der Waals surface area contributed by atoms with E-state index in [2.05, 4.69) is 138 Å². The summed E-state index contributed by atoms with van der Waals surface area (Å²) in [6.07, 6.45) is 0. The molecule has 3 heteroatoms. The van der Waals surface area contributed by atoms with Crippen LogP contribution in [0.5, 0.6) is 0 Å². The zero-order chi connectivity index (χ0) is 29.5. The Labute approximate surface area is 258 Å². The van der Waals surface area contributed by atoms with Gasteiger partial charge in [0.15, 0.2) is 0 Å². The molecule has 0 N–H and O–H groups in total. The number of rotatable bonds is 3. The summed E-state index contributed by atoms with van der Waals surface area (Å²) in [5.41, 5.74) is 11.7. The number of benzene rings is 7. The first kappa shape index (κ1) is 24.4. The fraction of sp³-hybridized carbons (Fsp3) is 0. The van der Waals surface area contributed by atoms with E-state index in [9.17, 15) is 0 Å². The Balaban J connectivity index is 1.34. The number of hydrogen-bond acceptors (Lipinski definition) is 2. The third-order valence-corrected chi connectivity index (χ3v) is 9.20. The highest BCUT2D eigenvalue weighted by Crippen LogP contribution is 2.46. The van der Waals surface area contributed by atoms with E-state index in [1.807, 2.05) is 18.2 Å². The van der Waals surface area contributed by atoms with Crippen molar-refractivity contribution >= 4 is 65.7 Å². The van der Waals surface area contributed by atoms with Crippen LogP contribution in [0.3, 0.4) is 0 Å². The Morgan fingerprint density at radius 1 is 0.400 bits per heavy atom. The van der Waals surface area contributed by atoms with Gasteiger partial charge in [-0.25, -0.2) is 0 Å². The summed E-state index contributed by atoms with van der Waals surface area (Å²) in [5.74, 6) is 0. The van der Waals surface area contributed by atoms with Crippen molar-refractivity contribution in [3.8, 4) is 27.9 Å². The van der Waals surface area contributed by atoms with E-state index >= 15 is 0 Å². The highest BCUT2D eigenvalue weighted by atomic mass is 16.3. The van der Waals surface area contributed by atoms with Crippen molar-refractivity contribution in [1.82, 2.24) is 4.57 Å². The molecule has 0 bridgehead atoms. The molecule has 3 nitrogen and oxygen atoms in total. The maximum Gasteiger partial charge on any atom is 0.145 e. The maximum atomic E-state index is 6.68. The van der Waals surface area contributed by atoms with E-state index in [-0.39, 0.29) is 0 Å². The molecule has 3 heterocycles. The van der Waals surface area contributed by atoms with E-state index in [0.29, 0.717) is 0 Å². The van der Waals surface area contributed by atoms with Crippen LogP contribution in [0, 0.1) is 0 Å². The third kappa shape index (κ3) is 3.52.